The lowest BCUT2D eigenvalue weighted by atomic mass is 10.1. The molecule has 0 amide bonds. The van der Waals surface area contributed by atoms with Gasteiger partial charge in [0.05, 0.1) is 22.1 Å². The maximum absolute atomic E-state index is 6.24. The molecule has 0 aliphatic rings. The first kappa shape index (κ1) is 13.5. The second-order valence-corrected chi connectivity index (χ2v) is 5.57. The zero-order valence-corrected chi connectivity index (χ0v) is 12.8. The zero-order valence-electron chi connectivity index (χ0n) is 11.3. The molecule has 0 fully saturated rings. The molecule has 1 aromatic heterocycles. The third-order valence-corrected chi connectivity index (χ3v) is 3.97. The van der Waals surface area contributed by atoms with Crippen molar-refractivity contribution in [2.45, 2.75) is 19.7 Å². The van der Waals surface area contributed by atoms with E-state index in [-0.39, 0.29) is 0 Å². The molecule has 0 saturated carbocycles. The van der Waals surface area contributed by atoms with Gasteiger partial charge < -0.3 is 0 Å². The summed E-state index contributed by atoms with van der Waals surface area (Å²) in [7, 11) is 0. The van der Waals surface area contributed by atoms with Crippen LogP contribution in [0.25, 0.3) is 16.7 Å². The maximum atomic E-state index is 6.24. The van der Waals surface area contributed by atoms with E-state index >= 15 is 0 Å². The molecule has 2 aromatic carbocycles. The largest absolute Gasteiger partial charge is 0.295 e. The predicted molar refractivity (Wildman–Crippen MR) is 85.1 cm³/mol. The Balaban J connectivity index is 2.40. The van der Waals surface area contributed by atoms with Crippen LogP contribution in [0, 0.1) is 13.8 Å². The predicted octanol–water partition coefficient (Wildman–Crippen LogP) is 5.03. The maximum Gasteiger partial charge on any atom is 0.129 e. The minimum absolute atomic E-state index is 0.346. The Bertz CT molecular complexity index is 791. The Hall–Kier alpha value is -1.51. The van der Waals surface area contributed by atoms with Crippen molar-refractivity contribution >= 4 is 34.2 Å². The Labute approximate surface area is 128 Å². The molecule has 0 spiro atoms. The van der Waals surface area contributed by atoms with Gasteiger partial charge in [-0.2, -0.15) is 0 Å². The number of alkyl halides is 1. The molecule has 1 heterocycles. The number of hydrogen-bond donors (Lipinski definition) is 0. The Kier molecular flexibility index (Phi) is 3.45. The Morgan fingerprint density at radius 2 is 1.95 bits per heavy atom. The SMILES string of the molecule is Cc1ccc(C)c(-n2c(CCl)nc3c(Cl)cccc32)c1. The van der Waals surface area contributed by atoms with Gasteiger partial charge in [-0.1, -0.05) is 29.8 Å². The van der Waals surface area contributed by atoms with E-state index in [2.05, 4.69) is 41.6 Å². The fourth-order valence-electron chi connectivity index (χ4n) is 2.43. The van der Waals surface area contributed by atoms with Gasteiger partial charge >= 0.3 is 0 Å². The number of benzene rings is 2. The van der Waals surface area contributed by atoms with Crippen LogP contribution in [0.2, 0.25) is 5.02 Å². The standard InChI is InChI=1S/C16H14Cl2N2/c1-10-6-7-11(2)14(8-10)20-13-5-3-4-12(18)16(13)19-15(20)9-17/h3-8H,9H2,1-2H3. The van der Waals surface area contributed by atoms with Gasteiger partial charge in [-0.15, -0.1) is 11.6 Å². The lowest BCUT2D eigenvalue weighted by Crippen LogP contribution is -2.02. The van der Waals surface area contributed by atoms with Crippen LogP contribution in [0.15, 0.2) is 36.4 Å². The van der Waals surface area contributed by atoms with E-state index in [1.165, 1.54) is 11.1 Å². The summed E-state index contributed by atoms with van der Waals surface area (Å²) in [5.74, 6) is 1.15. The molecule has 0 saturated heterocycles. The highest BCUT2D eigenvalue weighted by molar-refractivity contribution is 6.35. The van der Waals surface area contributed by atoms with Crippen molar-refractivity contribution in [3.8, 4) is 5.69 Å². The summed E-state index contributed by atoms with van der Waals surface area (Å²) in [5.41, 5.74) is 5.27. The number of aromatic nitrogens is 2. The molecule has 3 aromatic rings. The first-order chi connectivity index (χ1) is 9.61. The van der Waals surface area contributed by atoms with Gasteiger partial charge in [-0.05, 0) is 43.2 Å². The minimum atomic E-state index is 0.346. The van der Waals surface area contributed by atoms with E-state index < -0.39 is 0 Å². The number of nitrogens with zero attached hydrogens (tertiary/aromatic N) is 2. The fraction of sp³-hybridized carbons (Fsp3) is 0.188. The average Bonchev–Trinajstić information content (AvgIpc) is 2.81. The first-order valence-electron chi connectivity index (χ1n) is 6.41. The lowest BCUT2D eigenvalue weighted by molar-refractivity contribution is 0.970. The van der Waals surface area contributed by atoms with Crippen LogP contribution in [0.3, 0.4) is 0 Å². The molecule has 3 rings (SSSR count). The van der Waals surface area contributed by atoms with Crippen molar-refractivity contribution in [1.29, 1.82) is 0 Å². The number of imidazole rings is 1. The molecule has 102 valence electrons. The molecule has 0 N–H and O–H groups in total. The smallest absolute Gasteiger partial charge is 0.129 e. The first-order valence-corrected chi connectivity index (χ1v) is 7.32. The molecule has 2 nitrogen and oxygen atoms in total. The van der Waals surface area contributed by atoms with Crippen LogP contribution in [0.1, 0.15) is 17.0 Å². The highest BCUT2D eigenvalue weighted by Gasteiger charge is 2.15. The van der Waals surface area contributed by atoms with Crippen LogP contribution >= 0.6 is 23.2 Å². The molecule has 4 heteroatoms. The summed E-state index contributed by atoms with van der Waals surface area (Å²) in [4.78, 5) is 4.58. The average molecular weight is 305 g/mol. The highest BCUT2D eigenvalue weighted by atomic mass is 35.5. The van der Waals surface area contributed by atoms with Gasteiger partial charge in [0, 0.05) is 0 Å². The molecule has 0 radical (unpaired) electrons. The van der Waals surface area contributed by atoms with Gasteiger partial charge in [0.15, 0.2) is 0 Å². The molecular weight excluding hydrogens is 291 g/mol. The minimum Gasteiger partial charge on any atom is -0.295 e. The summed E-state index contributed by atoms with van der Waals surface area (Å²) in [6, 6.07) is 12.2. The van der Waals surface area contributed by atoms with E-state index in [4.69, 9.17) is 23.2 Å². The quantitative estimate of drug-likeness (QED) is 0.607. The van der Waals surface area contributed by atoms with Crippen molar-refractivity contribution < 1.29 is 0 Å². The van der Waals surface area contributed by atoms with Crippen molar-refractivity contribution in [1.82, 2.24) is 9.55 Å². The van der Waals surface area contributed by atoms with Crippen molar-refractivity contribution in [3.63, 3.8) is 0 Å². The van der Waals surface area contributed by atoms with E-state index in [0.717, 1.165) is 22.5 Å². The zero-order chi connectivity index (χ0) is 14.3. The van der Waals surface area contributed by atoms with E-state index in [1.54, 1.807) is 0 Å². The summed E-state index contributed by atoms with van der Waals surface area (Å²) >= 11 is 12.3. The van der Waals surface area contributed by atoms with Gasteiger partial charge in [-0.25, -0.2) is 4.98 Å². The Morgan fingerprint density at radius 1 is 1.15 bits per heavy atom. The lowest BCUT2D eigenvalue weighted by Gasteiger charge is -2.12. The van der Waals surface area contributed by atoms with E-state index in [0.29, 0.717) is 10.9 Å². The van der Waals surface area contributed by atoms with Gasteiger partial charge in [0.1, 0.15) is 11.3 Å². The summed E-state index contributed by atoms with van der Waals surface area (Å²) < 4.78 is 2.09. The topological polar surface area (TPSA) is 17.8 Å². The number of halogens is 2. The van der Waals surface area contributed by atoms with Crippen molar-refractivity contribution in [3.05, 3.63) is 58.4 Å². The number of fused-ring (bicyclic) bond motifs is 1. The number of para-hydroxylation sites is 1. The molecule has 20 heavy (non-hydrogen) atoms. The third kappa shape index (κ3) is 2.09. The second-order valence-electron chi connectivity index (χ2n) is 4.89. The molecular formula is C16H14Cl2N2. The van der Waals surface area contributed by atoms with Gasteiger partial charge in [0.2, 0.25) is 0 Å². The number of hydrogen-bond acceptors (Lipinski definition) is 1. The molecule has 0 aliphatic carbocycles. The summed E-state index contributed by atoms with van der Waals surface area (Å²) in [5, 5.41) is 0.651. The van der Waals surface area contributed by atoms with Crippen molar-refractivity contribution in [2.24, 2.45) is 0 Å². The fourth-order valence-corrected chi connectivity index (χ4v) is 2.82. The summed E-state index contributed by atoms with van der Waals surface area (Å²) in [6.45, 7) is 4.17. The Morgan fingerprint density at radius 3 is 2.70 bits per heavy atom. The van der Waals surface area contributed by atoms with Crippen LogP contribution in [0.4, 0.5) is 0 Å². The van der Waals surface area contributed by atoms with E-state index in [9.17, 15) is 0 Å². The monoisotopic (exact) mass is 304 g/mol. The van der Waals surface area contributed by atoms with Crippen LogP contribution in [0.5, 0.6) is 0 Å². The number of rotatable bonds is 2. The number of aryl methyl sites for hydroxylation is 2. The second kappa shape index (κ2) is 5.12. The molecule has 0 atom stereocenters. The molecule has 0 aliphatic heterocycles. The van der Waals surface area contributed by atoms with Gasteiger partial charge in [0.25, 0.3) is 0 Å². The van der Waals surface area contributed by atoms with Crippen LogP contribution in [-0.4, -0.2) is 9.55 Å². The van der Waals surface area contributed by atoms with Crippen molar-refractivity contribution in [2.75, 3.05) is 0 Å². The highest BCUT2D eigenvalue weighted by Crippen LogP contribution is 2.29. The van der Waals surface area contributed by atoms with Crippen LogP contribution in [-0.2, 0) is 5.88 Å². The molecule has 0 unspecified atom stereocenters. The van der Waals surface area contributed by atoms with E-state index in [1.807, 2.05) is 18.2 Å². The van der Waals surface area contributed by atoms with Crippen LogP contribution < -0.4 is 0 Å². The normalized spacial score (nSPS) is 11.2. The van der Waals surface area contributed by atoms with Gasteiger partial charge in [-0.3, -0.25) is 4.57 Å². The molecule has 0 bridgehead atoms. The third-order valence-electron chi connectivity index (χ3n) is 3.43. The summed E-state index contributed by atoms with van der Waals surface area (Å²) in [6.07, 6.45) is 0.